The third-order valence-electron chi connectivity index (χ3n) is 3.43. The fourth-order valence-corrected chi connectivity index (χ4v) is 2.33. The molecule has 28 heavy (non-hydrogen) atoms. The number of hydrogen-bond donors (Lipinski definition) is 1. The minimum absolute atomic E-state index is 0.00353. The number of rotatable bonds is 6. The number of carbonyl (C=O) groups excluding carboxylic acids is 3. The van der Waals surface area contributed by atoms with Crippen molar-refractivity contribution >= 4 is 18.0 Å². The quantitative estimate of drug-likeness (QED) is 0.586. The van der Waals surface area contributed by atoms with Crippen LogP contribution in [0.15, 0.2) is 24.3 Å². The Morgan fingerprint density at radius 2 is 1.46 bits per heavy atom. The van der Waals surface area contributed by atoms with Crippen LogP contribution in [0.1, 0.15) is 63.9 Å². The summed E-state index contributed by atoms with van der Waals surface area (Å²) in [5.41, 5.74) is 0.0637. The lowest BCUT2D eigenvalue weighted by atomic mass is 10.0. The molecule has 0 unspecified atom stereocenters. The fourth-order valence-electron chi connectivity index (χ4n) is 2.33. The van der Waals surface area contributed by atoms with Crippen LogP contribution < -0.4 is 5.32 Å². The molecule has 1 amide bonds. The molecule has 1 aromatic carbocycles. The number of amides is 1. The highest BCUT2D eigenvalue weighted by Crippen LogP contribution is 2.15. The number of hydrogen-bond acceptors (Lipinski definition) is 6. The maximum Gasteiger partial charge on any atom is 0.407 e. The van der Waals surface area contributed by atoms with E-state index in [1.165, 1.54) is 7.11 Å². The molecular weight excluding hydrogens is 362 g/mol. The zero-order chi connectivity index (χ0) is 21.5. The van der Waals surface area contributed by atoms with E-state index in [2.05, 4.69) is 5.32 Å². The minimum atomic E-state index is -0.644. The molecular formula is C21H31NO6. The van der Waals surface area contributed by atoms with Crippen molar-refractivity contribution in [3.63, 3.8) is 0 Å². The Balaban J connectivity index is 2.83. The average Bonchev–Trinajstić information content (AvgIpc) is 2.51. The Labute approximate surface area is 166 Å². The molecule has 0 fully saturated rings. The van der Waals surface area contributed by atoms with Crippen LogP contribution in [0.2, 0.25) is 0 Å². The van der Waals surface area contributed by atoms with E-state index in [0.717, 1.165) is 5.56 Å². The van der Waals surface area contributed by atoms with Crippen molar-refractivity contribution in [3.8, 4) is 0 Å². The third kappa shape index (κ3) is 9.39. The molecule has 0 aliphatic carbocycles. The molecule has 1 N–H and O–H groups in total. The molecule has 0 radical (unpaired) electrons. The summed E-state index contributed by atoms with van der Waals surface area (Å²) in [5, 5.41) is 2.70. The molecule has 0 heterocycles. The fraction of sp³-hybridized carbons (Fsp3) is 0.571. The van der Waals surface area contributed by atoms with Crippen LogP contribution in [-0.2, 0) is 25.4 Å². The summed E-state index contributed by atoms with van der Waals surface area (Å²) < 4.78 is 15.3. The molecule has 0 aliphatic rings. The van der Waals surface area contributed by atoms with Crippen molar-refractivity contribution < 1.29 is 28.6 Å². The number of alkyl carbamates (subject to hydrolysis) is 1. The molecule has 0 saturated carbocycles. The predicted octanol–water partition coefficient (Wildman–Crippen LogP) is 3.64. The SMILES string of the molecule is COC(=O)C[C@H](Cc1ccc(C(=O)OC(C)(C)C)cc1)NC(=O)OC(C)(C)C. The van der Waals surface area contributed by atoms with Gasteiger partial charge in [-0.25, -0.2) is 9.59 Å². The molecule has 0 aliphatic heterocycles. The largest absolute Gasteiger partial charge is 0.469 e. The second-order valence-corrected chi connectivity index (χ2v) is 8.53. The van der Waals surface area contributed by atoms with Crippen LogP contribution in [0.25, 0.3) is 0 Å². The van der Waals surface area contributed by atoms with Crippen molar-refractivity contribution in [1.29, 1.82) is 0 Å². The summed E-state index contributed by atoms with van der Waals surface area (Å²) in [6.07, 6.45) is -0.223. The molecule has 156 valence electrons. The monoisotopic (exact) mass is 393 g/mol. The highest BCUT2D eigenvalue weighted by atomic mass is 16.6. The number of esters is 2. The van der Waals surface area contributed by atoms with E-state index in [1.54, 1.807) is 65.8 Å². The van der Waals surface area contributed by atoms with Crippen molar-refractivity contribution in [1.82, 2.24) is 5.32 Å². The van der Waals surface area contributed by atoms with E-state index in [0.29, 0.717) is 12.0 Å². The second kappa shape index (κ2) is 9.57. The van der Waals surface area contributed by atoms with E-state index >= 15 is 0 Å². The normalized spacial score (nSPS) is 12.7. The summed E-state index contributed by atoms with van der Waals surface area (Å²) in [6.45, 7) is 10.7. The van der Waals surface area contributed by atoms with Crippen LogP contribution >= 0.6 is 0 Å². The van der Waals surface area contributed by atoms with Crippen LogP contribution in [0, 0.1) is 0 Å². The van der Waals surface area contributed by atoms with Crippen molar-refractivity contribution in [2.75, 3.05) is 7.11 Å². The van der Waals surface area contributed by atoms with E-state index in [1.807, 2.05) is 0 Å². The summed E-state index contributed by atoms with van der Waals surface area (Å²) in [6, 6.07) is 6.34. The maximum absolute atomic E-state index is 12.1. The molecule has 0 saturated heterocycles. The Morgan fingerprint density at radius 1 is 0.929 bits per heavy atom. The molecule has 0 bridgehead atoms. The van der Waals surface area contributed by atoms with Gasteiger partial charge in [-0.15, -0.1) is 0 Å². The summed E-state index contributed by atoms with van der Waals surface area (Å²) in [5.74, 6) is -0.844. The maximum atomic E-state index is 12.1. The van der Waals surface area contributed by atoms with Crippen LogP contribution in [-0.4, -0.2) is 42.4 Å². The van der Waals surface area contributed by atoms with Gasteiger partial charge >= 0.3 is 18.0 Å². The molecule has 1 rings (SSSR count). The van der Waals surface area contributed by atoms with Crippen molar-refractivity contribution in [2.45, 2.75) is 71.6 Å². The number of carbonyl (C=O) groups is 3. The standard InChI is InChI=1S/C21H31NO6/c1-20(2,3)27-18(24)15-10-8-14(9-11-15)12-16(13-17(23)26-7)22-19(25)28-21(4,5)6/h8-11,16H,12-13H2,1-7H3,(H,22,25)/t16-/m0/s1. The highest BCUT2D eigenvalue weighted by molar-refractivity contribution is 5.89. The number of ether oxygens (including phenoxy) is 3. The van der Waals surface area contributed by atoms with Gasteiger partial charge in [-0.05, 0) is 65.7 Å². The van der Waals surface area contributed by atoms with Crippen molar-refractivity contribution in [2.24, 2.45) is 0 Å². The van der Waals surface area contributed by atoms with Crippen LogP contribution in [0.4, 0.5) is 4.79 Å². The first-order valence-electron chi connectivity index (χ1n) is 9.17. The Kier molecular flexibility index (Phi) is 8.02. The zero-order valence-electron chi connectivity index (χ0n) is 17.8. The Morgan fingerprint density at radius 3 is 1.93 bits per heavy atom. The number of nitrogens with one attached hydrogen (secondary N) is 1. The molecule has 7 heteroatoms. The Bertz CT molecular complexity index is 682. The van der Waals surface area contributed by atoms with Crippen molar-refractivity contribution in [3.05, 3.63) is 35.4 Å². The first-order valence-corrected chi connectivity index (χ1v) is 9.17. The Hall–Kier alpha value is -2.57. The second-order valence-electron chi connectivity index (χ2n) is 8.53. The van der Waals surface area contributed by atoms with Gasteiger partial charge in [0, 0.05) is 6.04 Å². The highest BCUT2D eigenvalue weighted by Gasteiger charge is 2.22. The van der Waals surface area contributed by atoms with E-state index in [-0.39, 0.29) is 6.42 Å². The van der Waals surface area contributed by atoms with Gasteiger partial charge in [-0.1, -0.05) is 12.1 Å². The summed E-state index contributed by atoms with van der Waals surface area (Å²) in [7, 11) is 1.29. The van der Waals surface area contributed by atoms with E-state index < -0.39 is 35.3 Å². The first-order chi connectivity index (χ1) is 12.8. The van der Waals surface area contributed by atoms with Gasteiger partial charge in [-0.2, -0.15) is 0 Å². The lowest BCUT2D eigenvalue weighted by molar-refractivity contribution is -0.141. The summed E-state index contributed by atoms with van der Waals surface area (Å²) in [4.78, 5) is 35.8. The van der Waals surface area contributed by atoms with Gasteiger partial charge in [0.25, 0.3) is 0 Å². The van der Waals surface area contributed by atoms with Gasteiger partial charge in [0.15, 0.2) is 0 Å². The lowest BCUT2D eigenvalue weighted by Gasteiger charge is -2.23. The van der Waals surface area contributed by atoms with Crippen LogP contribution in [0.3, 0.4) is 0 Å². The molecule has 0 spiro atoms. The summed E-state index contributed by atoms with van der Waals surface area (Å²) >= 11 is 0. The molecule has 7 nitrogen and oxygen atoms in total. The molecule has 1 atom stereocenters. The van der Waals surface area contributed by atoms with E-state index in [9.17, 15) is 14.4 Å². The van der Waals surface area contributed by atoms with Gasteiger partial charge in [-0.3, -0.25) is 4.79 Å². The predicted molar refractivity (Wildman–Crippen MR) is 105 cm³/mol. The minimum Gasteiger partial charge on any atom is -0.469 e. The van der Waals surface area contributed by atoms with Gasteiger partial charge in [0.05, 0.1) is 19.1 Å². The topological polar surface area (TPSA) is 90.9 Å². The number of benzene rings is 1. The zero-order valence-corrected chi connectivity index (χ0v) is 17.8. The third-order valence-corrected chi connectivity index (χ3v) is 3.43. The van der Waals surface area contributed by atoms with Crippen LogP contribution in [0.5, 0.6) is 0 Å². The number of methoxy groups -OCH3 is 1. The molecule has 0 aromatic heterocycles. The van der Waals surface area contributed by atoms with Gasteiger partial charge in [0.2, 0.25) is 0 Å². The van der Waals surface area contributed by atoms with E-state index in [4.69, 9.17) is 14.2 Å². The first kappa shape index (κ1) is 23.5. The average molecular weight is 393 g/mol. The molecule has 1 aromatic rings. The smallest absolute Gasteiger partial charge is 0.407 e. The lowest BCUT2D eigenvalue weighted by Crippen LogP contribution is -2.41. The van der Waals surface area contributed by atoms with Gasteiger partial charge in [0.1, 0.15) is 11.2 Å². The van der Waals surface area contributed by atoms with Gasteiger partial charge < -0.3 is 19.5 Å².